The molecule has 0 fully saturated rings. The fraction of sp³-hybridized carbons (Fsp3) is 0.875. The summed E-state index contributed by atoms with van der Waals surface area (Å²) in [5.74, 6) is -0.857. The van der Waals surface area contributed by atoms with Crippen molar-refractivity contribution >= 4 is 17.9 Å². The molecule has 0 saturated heterocycles. The highest BCUT2D eigenvalue weighted by atomic mass is 16.6. The Morgan fingerprint density at radius 3 is 0.744 bits per heavy atom. The van der Waals surface area contributed by atoms with Crippen molar-refractivity contribution < 1.29 is 28.6 Å². The predicted octanol–water partition coefficient (Wildman–Crippen LogP) is 23.9. The first-order valence-electron chi connectivity index (χ1n) is 35.0. The molecule has 0 heterocycles. The molecule has 458 valence electrons. The smallest absolute Gasteiger partial charge is 0.306 e. The largest absolute Gasteiger partial charge is 0.462 e. The van der Waals surface area contributed by atoms with E-state index in [1.807, 2.05) is 0 Å². The summed E-state index contributed by atoms with van der Waals surface area (Å²) in [7, 11) is 0. The Morgan fingerprint density at radius 2 is 0.462 bits per heavy atom. The van der Waals surface area contributed by atoms with Crippen molar-refractivity contribution in [1.82, 2.24) is 0 Å². The standard InChI is InChI=1S/C72H134O6/c1-4-7-10-13-16-19-22-25-28-30-31-32-33-34-35-36-37-38-39-40-41-42-45-47-50-53-56-59-62-65-71(74)77-68-69(67-76-70(73)64-61-58-55-52-49-46-43-27-24-21-18-15-12-9-6-3)78-72(75)66-63-60-57-54-51-48-44-29-26-23-20-17-14-11-8-5-2/h18,21,27,30-31,43,69H,4-17,19-20,22-26,28-29,32-42,44-68H2,1-3H3/b21-18-,31-30-,43-27-. The van der Waals surface area contributed by atoms with Crippen LogP contribution >= 0.6 is 0 Å². The molecule has 0 N–H and O–H groups in total. The Bertz CT molecular complexity index is 1300. The second kappa shape index (κ2) is 67.1. The van der Waals surface area contributed by atoms with Crippen LogP contribution < -0.4 is 0 Å². The minimum Gasteiger partial charge on any atom is -0.462 e. The molecule has 78 heavy (non-hydrogen) atoms. The second-order valence-electron chi connectivity index (χ2n) is 23.8. The van der Waals surface area contributed by atoms with Gasteiger partial charge in [-0.15, -0.1) is 0 Å². The van der Waals surface area contributed by atoms with Crippen molar-refractivity contribution in [3.8, 4) is 0 Å². The lowest BCUT2D eigenvalue weighted by molar-refractivity contribution is -0.167. The minimum absolute atomic E-state index is 0.0712. The van der Waals surface area contributed by atoms with Crippen LogP contribution in [0.25, 0.3) is 0 Å². The van der Waals surface area contributed by atoms with Gasteiger partial charge in [-0.05, 0) is 77.0 Å². The van der Waals surface area contributed by atoms with Crippen LogP contribution in [0.5, 0.6) is 0 Å². The lowest BCUT2D eigenvalue weighted by Crippen LogP contribution is -2.30. The minimum atomic E-state index is -0.775. The number of esters is 3. The van der Waals surface area contributed by atoms with Gasteiger partial charge in [-0.2, -0.15) is 0 Å². The number of allylic oxidation sites excluding steroid dienone is 6. The molecule has 6 heteroatoms. The Labute approximate surface area is 486 Å². The van der Waals surface area contributed by atoms with Crippen LogP contribution in [0.15, 0.2) is 36.5 Å². The summed E-state index contributed by atoms with van der Waals surface area (Å²) in [6.45, 7) is 6.67. The van der Waals surface area contributed by atoms with Crippen LogP contribution in [-0.4, -0.2) is 37.2 Å². The van der Waals surface area contributed by atoms with Gasteiger partial charge in [0.15, 0.2) is 6.10 Å². The van der Waals surface area contributed by atoms with Crippen molar-refractivity contribution in [1.29, 1.82) is 0 Å². The summed E-state index contributed by atoms with van der Waals surface area (Å²) in [6.07, 6.45) is 83.2. The zero-order valence-electron chi connectivity index (χ0n) is 52.7. The maximum absolute atomic E-state index is 12.9. The van der Waals surface area contributed by atoms with Crippen molar-refractivity contribution in [2.75, 3.05) is 13.2 Å². The van der Waals surface area contributed by atoms with Gasteiger partial charge in [-0.25, -0.2) is 0 Å². The Morgan fingerprint density at radius 1 is 0.256 bits per heavy atom. The molecule has 0 aromatic heterocycles. The molecule has 0 aromatic rings. The predicted molar refractivity (Wildman–Crippen MR) is 339 cm³/mol. The average molecular weight is 1100 g/mol. The quantitative estimate of drug-likeness (QED) is 0.0261. The van der Waals surface area contributed by atoms with Crippen LogP contribution in [0.4, 0.5) is 0 Å². The molecule has 1 unspecified atom stereocenters. The molecule has 0 aliphatic rings. The van der Waals surface area contributed by atoms with Gasteiger partial charge in [0, 0.05) is 19.3 Å². The molecule has 0 spiro atoms. The lowest BCUT2D eigenvalue weighted by atomic mass is 10.0. The summed E-state index contributed by atoms with van der Waals surface area (Å²) < 4.78 is 17.0. The molecule has 0 bridgehead atoms. The third kappa shape index (κ3) is 64.5. The van der Waals surface area contributed by atoms with Gasteiger partial charge in [0.25, 0.3) is 0 Å². The van der Waals surface area contributed by atoms with Crippen LogP contribution in [0, 0.1) is 0 Å². The molecular formula is C72H134O6. The van der Waals surface area contributed by atoms with Crippen LogP contribution in [-0.2, 0) is 28.6 Å². The molecule has 0 aromatic carbocycles. The van der Waals surface area contributed by atoms with E-state index in [2.05, 4.69) is 57.2 Å². The van der Waals surface area contributed by atoms with E-state index in [1.165, 1.54) is 270 Å². The van der Waals surface area contributed by atoms with E-state index in [9.17, 15) is 14.4 Å². The van der Waals surface area contributed by atoms with Crippen molar-refractivity contribution in [2.24, 2.45) is 0 Å². The van der Waals surface area contributed by atoms with Gasteiger partial charge in [0.05, 0.1) is 0 Å². The van der Waals surface area contributed by atoms with Crippen molar-refractivity contribution in [3.63, 3.8) is 0 Å². The van der Waals surface area contributed by atoms with E-state index < -0.39 is 6.10 Å². The number of ether oxygens (including phenoxy) is 3. The maximum atomic E-state index is 12.9. The first-order chi connectivity index (χ1) is 38.5. The number of rotatable bonds is 65. The van der Waals surface area contributed by atoms with Crippen LogP contribution in [0.1, 0.15) is 387 Å². The monoisotopic (exact) mass is 1100 g/mol. The first kappa shape index (κ1) is 75.6. The fourth-order valence-electron chi connectivity index (χ4n) is 10.6. The number of hydrogen-bond donors (Lipinski definition) is 0. The van der Waals surface area contributed by atoms with Crippen molar-refractivity contribution in [3.05, 3.63) is 36.5 Å². The number of carbonyl (C=O) groups excluding carboxylic acids is 3. The molecule has 0 aliphatic heterocycles. The Hall–Kier alpha value is -2.37. The topological polar surface area (TPSA) is 78.9 Å². The lowest BCUT2D eigenvalue weighted by Gasteiger charge is -2.18. The third-order valence-corrected chi connectivity index (χ3v) is 15.9. The van der Waals surface area contributed by atoms with Gasteiger partial charge in [0.2, 0.25) is 0 Å². The molecule has 6 nitrogen and oxygen atoms in total. The molecule has 1 atom stereocenters. The van der Waals surface area contributed by atoms with E-state index in [1.54, 1.807) is 0 Å². The molecular weight excluding hydrogens is 961 g/mol. The van der Waals surface area contributed by atoms with Crippen molar-refractivity contribution in [2.45, 2.75) is 393 Å². The highest BCUT2D eigenvalue weighted by Crippen LogP contribution is 2.18. The molecule has 0 saturated carbocycles. The first-order valence-corrected chi connectivity index (χ1v) is 35.0. The third-order valence-electron chi connectivity index (χ3n) is 15.9. The number of hydrogen-bond acceptors (Lipinski definition) is 6. The van der Waals surface area contributed by atoms with Crippen LogP contribution in [0.3, 0.4) is 0 Å². The summed E-state index contributed by atoms with van der Waals surface area (Å²) in [6, 6.07) is 0. The highest BCUT2D eigenvalue weighted by molar-refractivity contribution is 5.71. The zero-order valence-corrected chi connectivity index (χ0v) is 52.7. The summed E-state index contributed by atoms with van der Waals surface area (Å²) in [4.78, 5) is 38.4. The van der Waals surface area contributed by atoms with Gasteiger partial charge in [-0.1, -0.05) is 327 Å². The fourth-order valence-corrected chi connectivity index (χ4v) is 10.6. The van der Waals surface area contributed by atoms with E-state index in [-0.39, 0.29) is 31.1 Å². The van der Waals surface area contributed by atoms with E-state index in [4.69, 9.17) is 14.2 Å². The summed E-state index contributed by atoms with van der Waals surface area (Å²) in [5, 5.41) is 0. The highest BCUT2D eigenvalue weighted by Gasteiger charge is 2.19. The Balaban J connectivity index is 4.19. The summed E-state index contributed by atoms with van der Waals surface area (Å²) in [5.41, 5.74) is 0. The van der Waals surface area contributed by atoms with Gasteiger partial charge in [-0.3, -0.25) is 14.4 Å². The van der Waals surface area contributed by atoms with Gasteiger partial charge < -0.3 is 14.2 Å². The van der Waals surface area contributed by atoms with E-state index in [0.29, 0.717) is 19.3 Å². The van der Waals surface area contributed by atoms with E-state index >= 15 is 0 Å². The zero-order chi connectivity index (χ0) is 56.4. The molecule has 0 rings (SSSR count). The normalized spacial score (nSPS) is 12.2. The SMILES string of the molecule is CCCCC/C=C\C/C=C\CCCCCCCC(=O)OCC(COC(=O)CCCCCCCCCCCCCCCCCCC/C=C\CCCCCCCCCC)OC(=O)CCCCCCCCCCCCCCCCCC. The second-order valence-corrected chi connectivity index (χ2v) is 23.8. The molecule has 0 amide bonds. The number of unbranched alkanes of at least 4 members (excludes halogenated alkanes) is 48. The molecule has 0 aliphatic carbocycles. The van der Waals surface area contributed by atoms with Crippen LogP contribution in [0.2, 0.25) is 0 Å². The average Bonchev–Trinajstić information content (AvgIpc) is 3.44. The van der Waals surface area contributed by atoms with Gasteiger partial charge in [0.1, 0.15) is 13.2 Å². The molecule has 0 radical (unpaired) electrons. The van der Waals surface area contributed by atoms with Gasteiger partial charge >= 0.3 is 17.9 Å². The number of carbonyl (C=O) groups is 3. The Kier molecular flexibility index (Phi) is 65.1. The summed E-state index contributed by atoms with van der Waals surface area (Å²) >= 11 is 0. The van der Waals surface area contributed by atoms with E-state index in [0.717, 1.165) is 77.0 Å². The maximum Gasteiger partial charge on any atom is 0.306 e.